The Balaban J connectivity index is 0.00000176. The second-order valence-electron chi connectivity index (χ2n) is 6.47. The molecule has 2 heterocycles. The standard InChI is InChI=1S/C18H25N3.ClH/c1-13-7-8-21(17(9-13)11-19)12-15-4-6-18-16(10-15)5-3-14(2)20-18;/h3-6,10,13,17H,7-9,11-12,19H2,1-2H3;1H. The number of nitrogens with zero attached hydrogens (tertiary/aromatic N) is 2. The quantitative estimate of drug-likeness (QED) is 0.941. The maximum atomic E-state index is 5.97. The second kappa shape index (κ2) is 7.40. The molecule has 1 aromatic carbocycles. The van der Waals surface area contributed by atoms with Gasteiger partial charge in [-0.25, -0.2) is 0 Å². The molecule has 120 valence electrons. The number of aryl methyl sites for hydroxylation is 1. The Bertz CT molecular complexity index is 629. The fraction of sp³-hybridized carbons (Fsp3) is 0.500. The van der Waals surface area contributed by atoms with Crippen molar-refractivity contribution in [3.8, 4) is 0 Å². The molecule has 1 saturated heterocycles. The SMILES string of the molecule is Cc1ccc2cc(CN3CCC(C)CC3CN)ccc2n1.Cl. The van der Waals surface area contributed by atoms with Crippen LogP contribution in [0.2, 0.25) is 0 Å². The molecule has 1 aliphatic rings. The normalized spacial score (nSPS) is 22.5. The summed E-state index contributed by atoms with van der Waals surface area (Å²) in [7, 11) is 0. The Hall–Kier alpha value is -1.16. The largest absolute Gasteiger partial charge is 0.329 e. The minimum atomic E-state index is 0. The fourth-order valence-electron chi connectivity index (χ4n) is 3.36. The van der Waals surface area contributed by atoms with Crippen LogP contribution in [-0.2, 0) is 6.54 Å². The molecule has 4 heteroatoms. The van der Waals surface area contributed by atoms with E-state index in [1.54, 1.807) is 0 Å². The monoisotopic (exact) mass is 319 g/mol. The van der Waals surface area contributed by atoms with Crippen LogP contribution in [0.15, 0.2) is 30.3 Å². The second-order valence-corrected chi connectivity index (χ2v) is 6.47. The van der Waals surface area contributed by atoms with E-state index in [9.17, 15) is 0 Å². The first kappa shape index (κ1) is 17.2. The van der Waals surface area contributed by atoms with E-state index in [0.717, 1.165) is 36.8 Å². The fourth-order valence-corrected chi connectivity index (χ4v) is 3.36. The van der Waals surface area contributed by atoms with Gasteiger partial charge in [0.05, 0.1) is 5.52 Å². The number of halogens is 1. The summed E-state index contributed by atoms with van der Waals surface area (Å²) in [5, 5.41) is 1.23. The molecule has 0 saturated carbocycles. The van der Waals surface area contributed by atoms with Gasteiger partial charge < -0.3 is 5.73 Å². The number of aromatic nitrogens is 1. The van der Waals surface area contributed by atoms with Gasteiger partial charge in [0, 0.05) is 30.2 Å². The lowest BCUT2D eigenvalue weighted by Gasteiger charge is -2.38. The molecule has 0 amide bonds. The van der Waals surface area contributed by atoms with Crippen molar-refractivity contribution in [3.05, 3.63) is 41.6 Å². The Kier molecular flexibility index (Phi) is 5.79. The van der Waals surface area contributed by atoms with Crippen LogP contribution < -0.4 is 5.73 Å². The summed E-state index contributed by atoms with van der Waals surface area (Å²) in [6.45, 7) is 7.29. The van der Waals surface area contributed by atoms with Gasteiger partial charge in [-0.3, -0.25) is 9.88 Å². The van der Waals surface area contributed by atoms with E-state index in [1.165, 1.54) is 23.8 Å². The predicted octanol–water partition coefficient (Wildman–Crippen LogP) is 3.52. The van der Waals surface area contributed by atoms with Crippen LogP contribution in [0.5, 0.6) is 0 Å². The maximum absolute atomic E-state index is 5.97. The maximum Gasteiger partial charge on any atom is 0.0705 e. The summed E-state index contributed by atoms with van der Waals surface area (Å²) >= 11 is 0. The zero-order valence-corrected chi connectivity index (χ0v) is 14.3. The molecule has 0 aliphatic carbocycles. The molecule has 22 heavy (non-hydrogen) atoms. The molecular formula is C18H26ClN3. The molecule has 1 aliphatic heterocycles. The van der Waals surface area contributed by atoms with Gasteiger partial charge in [0.2, 0.25) is 0 Å². The van der Waals surface area contributed by atoms with Gasteiger partial charge in [-0.05, 0) is 56.0 Å². The van der Waals surface area contributed by atoms with Gasteiger partial charge in [0.15, 0.2) is 0 Å². The van der Waals surface area contributed by atoms with E-state index in [1.807, 2.05) is 6.92 Å². The first-order chi connectivity index (χ1) is 10.2. The number of benzene rings is 1. The summed E-state index contributed by atoms with van der Waals surface area (Å²) in [5.74, 6) is 0.804. The first-order valence-corrected chi connectivity index (χ1v) is 7.96. The van der Waals surface area contributed by atoms with Crippen LogP contribution in [-0.4, -0.2) is 29.0 Å². The molecule has 2 atom stereocenters. The van der Waals surface area contributed by atoms with Gasteiger partial charge in [-0.1, -0.05) is 19.1 Å². The van der Waals surface area contributed by atoms with Crippen LogP contribution in [0.3, 0.4) is 0 Å². The van der Waals surface area contributed by atoms with Crippen molar-refractivity contribution >= 4 is 23.3 Å². The van der Waals surface area contributed by atoms with Gasteiger partial charge in [-0.2, -0.15) is 0 Å². The van der Waals surface area contributed by atoms with Gasteiger partial charge in [0.1, 0.15) is 0 Å². The highest BCUT2D eigenvalue weighted by molar-refractivity contribution is 5.85. The smallest absolute Gasteiger partial charge is 0.0705 e. The molecular weight excluding hydrogens is 294 g/mol. The minimum absolute atomic E-state index is 0. The summed E-state index contributed by atoms with van der Waals surface area (Å²) in [5.41, 5.74) is 9.48. The zero-order valence-electron chi connectivity index (χ0n) is 13.5. The van der Waals surface area contributed by atoms with Crippen molar-refractivity contribution in [1.29, 1.82) is 0 Å². The molecule has 2 N–H and O–H groups in total. The van der Waals surface area contributed by atoms with E-state index in [0.29, 0.717) is 6.04 Å². The van der Waals surface area contributed by atoms with Crippen molar-refractivity contribution in [1.82, 2.24) is 9.88 Å². The molecule has 2 unspecified atom stereocenters. The number of pyridine rings is 1. The third kappa shape index (κ3) is 3.78. The lowest BCUT2D eigenvalue weighted by molar-refractivity contribution is 0.115. The van der Waals surface area contributed by atoms with Crippen molar-refractivity contribution in [2.45, 2.75) is 39.3 Å². The number of likely N-dealkylation sites (tertiary alicyclic amines) is 1. The van der Waals surface area contributed by atoms with E-state index in [4.69, 9.17) is 5.73 Å². The molecule has 2 aromatic rings. The Morgan fingerprint density at radius 3 is 2.86 bits per heavy atom. The predicted molar refractivity (Wildman–Crippen MR) is 95.4 cm³/mol. The summed E-state index contributed by atoms with van der Waals surface area (Å²) in [6.07, 6.45) is 2.51. The number of hydrogen-bond acceptors (Lipinski definition) is 3. The number of hydrogen-bond donors (Lipinski definition) is 1. The topological polar surface area (TPSA) is 42.1 Å². The molecule has 1 aromatic heterocycles. The molecule has 3 nitrogen and oxygen atoms in total. The summed E-state index contributed by atoms with van der Waals surface area (Å²) in [6, 6.07) is 11.4. The van der Waals surface area contributed by atoms with Gasteiger partial charge >= 0.3 is 0 Å². The highest BCUT2D eigenvalue weighted by Crippen LogP contribution is 2.24. The van der Waals surface area contributed by atoms with Crippen LogP contribution >= 0.6 is 12.4 Å². The van der Waals surface area contributed by atoms with Crippen LogP contribution in [0.25, 0.3) is 10.9 Å². The average Bonchev–Trinajstić information content (AvgIpc) is 2.49. The minimum Gasteiger partial charge on any atom is -0.329 e. The molecule has 0 spiro atoms. The Labute approximate surface area is 139 Å². The summed E-state index contributed by atoms with van der Waals surface area (Å²) in [4.78, 5) is 7.12. The van der Waals surface area contributed by atoms with Gasteiger partial charge in [0.25, 0.3) is 0 Å². The number of fused-ring (bicyclic) bond motifs is 1. The molecule has 0 radical (unpaired) electrons. The highest BCUT2D eigenvalue weighted by Gasteiger charge is 2.25. The average molecular weight is 320 g/mol. The van der Waals surface area contributed by atoms with E-state index >= 15 is 0 Å². The zero-order chi connectivity index (χ0) is 14.8. The lowest BCUT2D eigenvalue weighted by atomic mass is 9.92. The molecule has 3 rings (SSSR count). The third-order valence-electron chi connectivity index (χ3n) is 4.65. The van der Waals surface area contributed by atoms with Crippen molar-refractivity contribution in [2.24, 2.45) is 11.7 Å². The van der Waals surface area contributed by atoms with E-state index < -0.39 is 0 Å². The molecule has 1 fully saturated rings. The highest BCUT2D eigenvalue weighted by atomic mass is 35.5. The van der Waals surface area contributed by atoms with Crippen molar-refractivity contribution < 1.29 is 0 Å². The van der Waals surface area contributed by atoms with Gasteiger partial charge in [-0.15, -0.1) is 12.4 Å². The Morgan fingerprint density at radius 1 is 1.27 bits per heavy atom. The Morgan fingerprint density at radius 2 is 2.09 bits per heavy atom. The van der Waals surface area contributed by atoms with Crippen molar-refractivity contribution in [3.63, 3.8) is 0 Å². The van der Waals surface area contributed by atoms with Crippen LogP contribution in [0.4, 0.5) is 0 Å². The summed E-state index contributed by atoms with van der Waals surface area (Å²) < 4.78 is 0. The molecule has 0 bridgehead atoms. The number of nitrogens with two attached hydrogens (primary N) is 1. The van der Waals surface area contributed by atoms with Crippen LogP contribution in [0, 0.1) is 12.8 Å². The first-order valence-electron chi connectivity index (χ1n) is 7.96. The lowest BCUT2D eigenvalue weighted by Crippen LogP contribution is -2.45. The van der Waals surface area contributed by atoms with E-state index in [-0.39, 0.29) is 12.4 Å². The number of piperidine rings is 1. The van der Waals surface area contributed by atoms with Crippen LogP contribution in [0.1, 0.15) is 31.0 Å². The van der Waals surface area contributed by atoms with Crippen molar-refractivity contribution in [2.75, 3.05) is 13.1 Å². The van der Waals surface area contributed by atoms with E-state index in [2.05, 4.69) is 47.1 Å². The third-order valence-corrected chi connectivity index (χ3v) is 4.65. The number of rotatable bonds is 3.